The second kappa shape index (κ2) is 7.16. The SMILES string of the molecule is CN(C(=O)CCS(=O)(=O)CC1CC1(F)F)c1cn(-c2cccnc2)nc1Cl. The largest absolute Gasteiger partial charge is 0.311 e. The second-order valence-electron chi connectivity index (χ2n) is 6.44. The summed E-state index contributed by atoms with van der Waals surface area (Å²) in [5.41, 5.74) is 0.941. The second-order valence-corrected chi connectivity index (χ2v) is 9.03. The molecule has 27 heavy (non-hydrogen) atoms. The molecule has 146 valence electrons. The summed E-state index contributed by atoms with van der Waals surface area (Å²) in [5.74, 6) is -5.63. The number of anilines is 1. The Labute approximate surface area is 159 Å². The molecule has 1 atom stereocenters. The third kappa shape index (κ3) is 4.62. The maximum absolute atomic E-state index is 12.9. The van der Waals surface area contributed by atoms with Gasteiger partial charge in [-0.3, -0.25) is 9.78 Å². The number of carbonyl (C=O) groups excluding carboxylic acids is 1. The molecule has 0 saturated heterocycles. The summed E-state index contributed by atoms with van der Waals surface area (Å²) in [6.07, 6.45) is 3.95. The molecule has 11 heteroatoms. The molecule has 7 nitrogen and oxygen atoms in total. The summed E-state index contributed by atoms with van der Waals surface area (Å²) >= 11 is 6.08. The number of rotatable bonds is 7. The zero-order valence-corrected chi connectivity index (χ0v) is 15.9. The first-order chi connectivity index (χ1) is 12.6. The lowest BCUT2D eigenvalue weighted by Gasteiger charge is -2.15. The van der Waals surface area contributed by atoms with Crippen LogP contribution in [0.1, 0.15) is 12.8 Å². The van der Waals surface area contributed by atoms with Gasteiger partial charge in [0.2, 0.25) is 5.91 Å². The highest BCUT2D eigenvalue weighted by atomic mass is 35.5. The van der Waals surface area contributed by atoms with Crippen molar-refractivity contribution >= 4 is 33.0 Å². The van der Waals surface area contributed by atoms with Crippen molar-refractivity contribution in [2.24, 2.45) is 5.92 Å². The van der Waals surface area contributed by atoms with Crippen molar-refractivity contribution in [3.63, 3.8) is 0 Å². The number of nitrogens with zero attached hydrogens (tertiary/aromatic N) is 4. The molecule has 2 aromatic heterocycles. The Kier molecular flexibility index (Phi) is 5.22. The zero-order chi connectivity index (χ0) is 19.8. The molecular formula is C16H17ClF2N4O3S. The van der Waals surface area contributed by atoms with Gasteiger partial charge in [0.25, 0.3) is 5.92 Å². The van der Waals surface area contributed by atoms with Crippen molar-refractivity contribution in [3.05, 3.63) is 35.9 Å². The van der Waals surface area contributed by atoms with E-state index in [9.17, 15) is 22.0 Å². The van der Waals surface area contributed by atoms with Gasteiger partial charge < -0.3 is 4.90 Å². The average Bonchev–Trinajstić information content (AvgIpc) is 3.02. The lowest BCUT2D eigenvalue weighted by Crippen LogP contribution is -2.29. The summed E-state index contributed by atoms with van der Waals surface area (Å²) in [6.45, 7) is 0. The standard InChI is InChI=1S/C16H17ClF2N4O3S/c1-22(13-9-23(21-15(13)17)12-3-2-5-20-8-12)14(24)4-6-27(25,26)10-11-7-16(11,18)19/h2-3,5,8-9,11H,4,6-7,10H2,1H3. The smallest absolute Gasteiger partial charge is 0.252 e. The lowest BCUT2D eigenvalue weighted by atomic mass is 10.4. The minimum absolute atomic E-state index is 0.0650. The van der Waals surface area contributed by atoms with Gasteiger partial charge in [-0.15, -0.1) is 0 Å². The van der Waals surface area contributed by atoms with Crippen molar-refractivity contribution in [1.29, 1.82) is 0 Å². The summed E-state index contributed by atoms with van der Waals surface area (Å²) in [6, 6.07) is 3.47. The number of pyridine rings is 1. The first-order valence-corrected chi connectivity index (χ1v) is 10.3. The number of hydrogen-bond donors (Lipinski definition) is 0. The normalized spacial score (nSPS) is 18.3. The molecule has 0 N–H and O–H groups in total. The van der Waals surface area contributed by atoms with Gasteiger partial charge in [0.05, 0.1) is 29.6 Å². The van der Waals surface area contributed by atoms with Gasteiger partial charge >= 0.3 is 0 Å². The highest BCUT2D eigenvalue weighted by molar-refractivity contribution is 7.91. The molecule has 0 radical (unpaired) electrons. The van der Waals surface area contributed by atoms with Gasteiger partial charge in [0, 0.05) is 32.0 Å². The minimum Gasteiger partial charge on any atom is -0.311 e. The lowest BCUT2D eigenvalue weighted by molar-refractivity contribution is -0.117. The van der Waals surface area contributed by atoms with Crippen LogP contribution in [0.5, 0.6) is 0 Å². The van der Waals surface area contributed by atoms with Crippen LogP contribution < -0.4 is 4.90 Å². The number of halogens is 3. The van der Waals surface area contributed by atoms with Crippen LogP contribution in [0.15, 0.2) is 30.7 Å². The van der Waals surface area contributed by atoms with E-state index in [4.69, 9.17) is 11.6 Å². The van der Waals surface area contributed by atoms with Gasteiger partial charge in [-0.2, -0.15) is 5.10 Å². The van der Waals surface area contributed by atoms with Crippen molar-refractivity contribution < 1.29 is 22.0 Å². The average molecular weight is 419 g/mol. The molecular weight excluding hydrogens is 402 g/mol. The Morgan fingerprint density at radius 3 is 2.78 bits per heavy atom. The molecule has 2 aromatic rings. The number of amides is 1. The van der Waals surface area contributed by atoms with E-state index in [-0.39, 0.29) is 11.6 Å². The van der Waals surface area contributed by atoms with E-state index in [1.165, 1.54) is 22.8 Å². The number of aromatic nitrogens is 3. The monoisotopic (exact) mass is 418 g/mol. The molecule has 0 aliphatic heterocycles. The number of carbonyl (C=O) groups is 1. The van der Waals surface area contributed by atoms with E-state index in [1.807, 2.05) is 0 Å². The van der Waals surface area contributed by atoms with Gasteiger partial charge in [0.15, 0.2) is 15.0 Å². The molecule has 3 rings (SSSR count). The van der Waals surface area contributed by atoms with Crippen LogP contribution in [-0.2, 0) is 14.6 Å². The third-order valence-electron chi connectivity index (χ3n) is 4.34. The molecule has 1 aliphatic rings. The molecule has 0 spiro atoms. The van der Waals surface area contributed by atoms with Crippen LogP contribution in [0.25, 0.3) is 5.69 Å². The van der Waals surface area contributed by atoms with Crippen LogP contribution in [0.3, 0.4) is 0 Å². The van der Waals surface area contributed by atoms with E-state index >= 15 is 0 Å². The van der Waals surface area contributed by atoms with E-state index in [1.54, 1.807) is 24.5 Å². The topological polar surface area (TPSA) is 85.2 Å². The summed E-state index contributed by atoms with van der Waals surface area (Å²) < 4.78 is 51.1. The van der Waals surface area contributed by atoms with Crippen molar-refractivity contribution in [3.8, 4) is 5.69 Å². The van der Waals surface area contributed by atoms with Crippen LogP contribution in [0.2, 0.25) is 5.15 Å². The summed E-state index contributed by atoms with van der Waals surface area (Å²) in [4.78, 5) is 17.5. The Morgan fingerprint density at radius 1 is 1.48 bits per heavy atom. The first-order valence-electron chi connectivity index (χ1n) is 8.09. The van der Waals surface area contributed by atoms with E-state index < -0.39 is 45.5 Å². The fourth-order valence-electron chi connectivity index (χ4n) is 2.58. The molecule has 1 aliphatic carbocycles. The Balaban J connectivity index is 1.63. The predicted octanol–water partition coefficient (Wildman–Crippen LogP) is 2.34. The molecule has 2 heterocycles. The maximum Gasteiger partial charge on any atom is 0.252 e. The molecule has 1 saturated carbocycles. The third-order valence-corrected chi connectivity index (χ3v) is 6.34. The van der Waals surface area contributed by atoms with Crippen molar-refractivity contribution in [1.82, 2.24) is 14.8 Å². The van der Waals surface area contributed by atoms with Crippen LogP contribution in [-0.4, -0.2) is 53.6 Å². The Bertz CT molecular complexity index is 950. The minimum atomic E-state index is -3.74. The molecule has 1 unspecified atom stereocenters. The molecule has 0 bridgehead atoms. The van der Waals surface area contributed by atoms with Crippen molar-refractivity contribution in [2.75, 3.05) is 23.5 Å². The molecule has 1 fully saturated rings. The molecule has 0 aromatic carbocycles. The number of hydrogen-bond acceptors (Lipinski definition) is 5. The van der Waals surface area contributed by atoms with E-state index in [0.717, 1.165) is 0 Å². The first kappa shape index (κ1) is 19.7. The van der Waals surface area contributed by atoms with Crippen LogP contribution in [0.4, 0.5) is 14.5 Å². The summed E-state index contributed by atoms with van der Waals surface area (Å²) in [7, 11) is -2.29. The van der Waals surface area contributed by atoms with Crippen molar-refractivity contribution in [2.45, 2.75) is 18.8 Å². The Morgan fingerprint density at radius 2 is 2.19 bits per heavy atom. The number of sulfone groups is 1. The van der Waals surface area contributed by atoms with Gasteiger partial charge in [-0.05, 0) is 12.1 Å². The van der Waals surface area contributed by atoms with E-state index in [2.05, 4.69) is 10.1 Å². The highest BCUT2D eigenvalue weighted by Gasteiger charge is 2.58. The highest BCUT2D eigenvalue weighted by Crippen LogP contribution is 2.49. The van der Waals surface area contributed by atoms with Crippen LogP contribution >= 0.6 is 11.6 Å². The maximum atomic E-state index is 12.9. The fourth-order valence-corrected chi connectivity index (χ4v) is 4.46. The van der Waals surface area contributed by atoms with Crippen LogP contribution in [0, 0.1) is 5.92 Å². The molecule has 1 amide bonds. The Hall–Kier alpha value is -2.07. The van der Waals surface area contributed by atoms with Gasteiger partial charge in [-0.25, -0.2) is 21.9 Å². The fraction of sp³-hybridized carbons (Fsp3) is 0.438. The van der Waals surface area contributed by atoms with Gasteiger partial charge in [0.1, 0.15) is 5.69 Å². The zero-order valence-electron chi connectivity index (χ0n) is 14.3. The van der Waals surface area contributed by atoms with E-state index in [0.29, 0.717) is 11.4 Å². The number of alkyl halides is 2. The van der Waals surface area contributed by atoms with Gasteiger partial charge in [-0.1, -0.05) is 11.6 Å². The quantitative estimate of drug-likeness (QED) is 0.689. The summed E-state index contributed by atoms with van der Waals surface area (Å²) in [5, 5.41) is 4.17. The predicted molar refractivity (Wildman–Crippen MR) is 96.1 cm³/mol.